The molecule has 6 heteroatoms. The fraction of sp³-hybridized carbons (Fsp3) is 0.125. The van der Waals surface area contributed by atoms with Gasteiger partial charge in [0, 0.05) is 5.69 Å². The number of hydrogen-bond donors (Lipinski definition) is 4. The average molecular weight is 302 g/mol. The van der Waals surface area contributed by atoms with Crippen LogP contribution < -0.4 is 11.5 Å². The number of anilines is 1. The number of aromatic carboxylic acids is 1. The Kier molecular flexibility index (Phi) is 5.65. The zero-order chi connectivity index (χ0) is 16.8. The third-order valence-electron chi connectivity index (χ3n) is 3.01. The van der Waals surface area contributed by atoms with Crippen LogP contribution in [-0.2, 0) is 10.4 Å². The standard InChI is InChI=1S/C9H11NO2.C7H7NO2/c1-9(12,8(10)11)7-5-3-2-4-6-7;8-6-4-2-1-3-5(6)7(9)10/h2-6,12H,1H3,(H2,10,11);1-4H,8H2,(H,9,10). The van der Waals surface area contributed by atoms with Crippen LogP contribution in [0.25, 0.3) is 0 Å². The van der Waals surface area contributed by atoms with Gasteiger partial charge >= 0.3 is 5.97 Å². The first kappa shape index (κ1) is 17.2. The zero-order valence-electron chi connectivity index (χ0n) is 12.1. The van der Waals surface area contributed by atoms with E-state index in [1.54, 1.807) is 48.5 Å². The minimum atomic E-state index is -1.57. The first-order valence-electron chi connectivity index (χ1n) is 6.42. The van der Waals surface area contributed by atoms with Gasteiger partial charge in [-0.2, -0.15) is 0 Å². The maximum absolute atomic E-state index is 10.8. The number of primary amides is 1. The van der Waals surface area contributed by atoms with Gasteiger partial charge in [0.05, 0.1) is 5.56 Å². The van der Waals surface area contributed by atoms with Gasteiger partial charge in [0.25, 0.3) is 5.91 Å². The van der Waals surface area contributed by atoms with Gasteiger partial charge in [-0.1, -0.05) is 42.5 Å². The number of carbonyl (C=O) groups is 2. The highest BCUT2D eigenvalue weighted by Gasteiger charge is 2.29. The summed E-state index contributed by atoms with van der Waals surface area (Å²) in [6.45, 7) is 1.38. The first-order chi connectivity index (χ1) is 10.3. The Balaban J connectivity index is 0.000000224. The summed E-state index contributed by atoms with van der Waals surface area (Å²) in [6.07, 6.45) is 0. The van der Waals surface area contributed by atoms with Crippen LogP contribution >= 0.6 is 0 Å². The van der Waals surface area contributed by atoms with Crippen molar-refractivity contribution in [2.45, 2.75) is 12.5 Å². The minimum Gasteiger partial charge on any atom is -0.478 e. The topological polar surface area (TPSA) is 127 Å². The second-order valence-electron chi connectivity index (χ2n) is 4.69. The quantitative estimate of drug-likeness (QED) is 0.636. The number of benzene rings is 2. The number of rotatable bonds is 3. The van der Waals surface area contributed by atoms with Gasteiger partial charge in [0.2, 0.25) is 0 Å². The van der Waals surface area contributed by atoms with Gasteiger partial charge in [-0.15, -0.1) is 0 Å². The second kappa shape index (κ2) is 7.24. The monoisotopic (exact) mass is 302 g/mol. The molecule has 6 N–H and O–H groups in total. The van der Waals surface area contributed by atoms with Gasteiger partial charge in [-0.05, 0) is 24.6 Å². The fourth-order valence-electron chi connectivity index (χ4n) is 1.60. The van der Waals surface area contributed by atoms with E-state index >= 15 is 0 Å². The van der Waals surface area contributed by atoms with E-state index < -0.39 is 17.5 Å². The van der Waals surface area contributed by atoms with E-state index in [0.717, 1.165) is 0 Å². The Morgan fingerprint density at radius 2 is 1.50 bits per heavy atom. The van der Waals surface area contributed by atoms with Crippen molar-refractivity contribution in [3.8, 4) is 0 Å². The Morgan fingerprint density at radius 3 is 1.91 bits per heavy atom. The number of aliphatic hydroxyl groups is 1. The molecule has 1 unspecified atom stereocenters. The summed E-state index contributed by atoms with van der Waals surface area (Å²) in [5.41, 5.74) is 9.75. The molecule has 0 aromatic heterocycles. The molecule has 0 fully saturated rings. The van der Waals surface area contributed by atoms with E-state index in [-0.39, 0.29) is 5.56 Å². The molecule has 0 radical (unpaired) electrons. The molecular weight excluding hydrogens is 284 g/mol. The number of amides is 1. The van der Waals surface area contributed by atoms with E-state index in [0.29, 0.717) is 11.3 Å². The van der Waals surface area contributed by atoms with E-state index in [2.05, 4.69) is 0 Å². The van der Waals surface area contributed by atoms with E-state index in [4.69, 9.17) is 16.6 Å². The van der Waals surface area contributed by atoms with Crippen molar-refractivity contribution in [3.05, 3.63) is 65.7 Å². The van der Waals surface area contributed by atoms with Crippen molar-refractivity contribution in [3.63, 3.8) is 0 Å². The lowest BCUT2D eigenvalue weighted by Gasteiger charge is -2.18. The Labute approximate surface area is 128 Å². The lowest BCUT2D eigenvalue weighted by molar-refractivity contribution is -0.135. The fourth-order valence-corrected chi connectivity index (χ4v) is 1.60. The van der Waals surface area contributed by atoms with Crippen LogP contribution in [0.1, 0.15) is 22.8 Å². The SMILES string of the molecule is CC(O)(C(N)=O)c1ccccc1.Nc1ccccc1C(=O)O. The van der Waals surface area contributed by atoms with Gasteiger partial charge in [0.1, 0.15) is 0 Å². The minimum absolute atomic E-state index is 0.155. The van der Waals surface area contributed by atoms with Crippen molar-refractivity contribution in [2.75, 3.05) is 5.73 Å². The van der Waals surface area contributed by atoms with Gasteiger partial charge < -0.3 is 21.7 Å². The second-order valence-corrected chi connectivity index (χ2v) is 4.69. The van der Waals surface area contributed by atoms with Gasteiger partial charge in [-0.3, -0.25) is 4.79 Å². The summed E-state index contributed by atoms with van der Waals surface area (Å²) < 4.78 is 0. The Bertz CT molecular complexity index is 654. The van der Waals surface area contributed by atoms with Crippen molar-refractivity contribution >= 4 is 17.6 Å². The Hall–Kier alpha value is -2.86. The molecule has 6 nitrogen and oxygen atoms in total. The molecule has 0 spiro atoms. The van der Waals surface area contributed by atoms with Crippen LogP contribution in [0.4, 0.5) is 5.69 Å². The maximum atomic E-state index is 10.8. The summed E-state index contributed by atoms with van der Waals surface area (Å²) in [5.74, 6) is -1.73. The molecule has 1 atom stereocenters. The number of nitrogen functional groups attached to an aromatic ring is 1. The number of nitrogens with two attached hydrogens (primary N) is 2. The summed E-state index contributed by atoms with van der Waals surface area (Å²) in [7, 11) is 0. The summed E-state index contributed by atoms with van der Waals surface area (Å²) in [6, 6.07) is 15.0. The van der Waals surface area contributed by atoms with Crippen molar-refractivity contribution in [1.29, 1.82) is 0 Å². The number of carbonyl (C=O) groups excluding carboxylic acids is 1. The molecule has 0 aliphatic rings. The third kappa shape index (κ3) is 4.32. The molecule has 22 heavy (non-hydrogen) atoms. The van der Waals surface area contributed by atoms with Crippen molar-refractivity contribution < 1.29 is 19.8 Å². The number of para-hydroxylation sites is 1. The summed E-state index contributed by atoms with van der Waals surface area (Å²) in [4.78, 5) is 21.1. The normalized spacial score (nSPS) is 12.5. The van der Waals surface area contributed by atoms with Crippen LogP contribution in [0.5, 0.6) is 0 Å². The molecule has 2 rings (SSSR count). The van der Waals surface area contributed by atoms with Crippen LogP contribution in [0.2, 0.25) is 0 Å². The lowest BCUT2D eigenvalue weighted by Crippen LogP contribution is -2.38. The number of carboxylic acid groups (broad SMARTS) is 1. The van der Waals surface area contributed by atoms with Crippen LogP contribution in [-0.4, -0.2) is 22.1 Å². The van der Waals surface area contributed by atoms with E-state index in [1.165, 1.54) is 13.0 Å². The smallest absolute Gasteiger partial charge is 0.337 e. The maximum Gasteiger partial charge on any atom is 0.337 e. The van der Waals surface area contributed by atoms with Crippen LogP contribution in [0, 0.1) is 0 Å². The highest BCUT2D eigenvalue weighted by Crippen LogP contribution is 2.18. The predicted molar refractivity (Wildman–Crippen MR) is 83.0 cm³/mol. The average Bonchev–Trinajstić information content (AvgIpc) is 2.49. The molecule has 0 saturated heterocycles. The summed E-state index contributed by atoms with van der Waals surface area (Å²) in [5, 5.41) is 18.1. The van der Waals surface area contributed by atoms with Crippen LogP contribution in [0.15, 0.2) is 54.6 Å². The highest BCUT2D eigenvalue weighted by atomic mass is 16.4. The largest absolute Gasteiger partial charge is 0.478 e. The predicted octanol–water partition coefficient (Wildman–Crippen LogP) is 1.35. The molecule has 0 aliphatic heterocycles. The van der Waals surface area contributed by atoms with Gasteiger partial charge in [0.15, 0.2) is 5.60 Å². The first-order valence-corrected chi connectivity index (χ1v) is 6.42. The van der Waals surface area contributed by atoms with E-state index in [9.17, 15) is 14.7 Å². The molecular formula is C16H18N2O4. The highest BCUT2D eigenvalue weighted by molar-refractivity contribution is 5.93. The van der Waals surface area contributed by atoms with E-state index in [1.807, 2.05) is 0 Å². The molecule has 2 aromatic rings. The molecule has 1 amide bonds. The Morgan fingerprint density at radius 1 is 1.00 bits per heavy atom. The molecule has 0 heterocycles. The third-order valence-corrected chi connectivity index (χ3v) is 3.01. The van der Waals surface area contributed by atoms with Crippen LogP contribution in [0.3, 0.4) is 0 Å². The molecule has 0 aliphatic carbocycles. The molecule has 116 valence electrons. The summed E-state index contributed by atoms with van der Waals surface area (Å²) >= 11 is 0. The zero-order valence-corrected chi connectivity index (χ0v) is 12.1. The molecule has 0 bridgehead atoms. The van der Waals surface area contributed by atoms with Crippen molar-refractivity contribution in [1.82, 2.24) is 0 Å². The lowest BCUT2D eigenvalue weighted by atomic mass is 9.96. The molecule has 2 aromatic carbocycles. The van der Waals surface area contributed by atoms with Crippen molar-refractivity contribution in [2.24, 2.45) is 5.73 Å². The number of carboxylic acids is 1. The number of hydrogen-bond acceptors (Lipinski definition) is 4. The molecule has 0 saturated carbocycles. The van der Waals surface area contributed by atoms with Gasteiger partial charge in [-0.25, -0.2) is 4.79 Å².